The second-order valence-electron chi connectivity index (χ2n) is 36.4. The zero-order chi connectivity index (χ0) is 90.3. The van der Waals surface area contributed by atoms with Gasteiger partial charge in [-0.05, 0) is 239 Å². The maximum atomic E-state index is 13.6. The van der Waals surface area contributed by atoms with Crippen molar-refractivity contribution in [3.8, 4) is 57.3 Å². The number of Topliss-reactive ketones (excluding diaryl/α,β-unsaturated/α-hetero) is 2. The van der Waals surface area contributed by atoms with E-state index in [0.717, 1.165) is 54.5 Å². The van der Waals surface area contributed by atoms with Crippen molar-refractivity contribution >= 4 is 79.3 Å². The largest absolute Gasteiger partial charge is 0.493 e. The maximum Gasteiger partial charge on any atom is 0.171 e. The van der Waals surface area contributed by atoms with E-state index in [2.05, 4.69) is 36.0 Å². The highest BCUT2D eigenvalue weighted by molar-refractivity contribution is 7.85. The molecule has 0 amide bonds. The third-order valence-corrected chi connectivity index (χ3v) is 29.1. The van der Waals surface area contributed by atoms with E-state index < -0.39 is 81.4 Å². The number of hydrogen-bond donors (Lipinski definition) is 8. The number of aromatic nitrogens is 4. The Hall–Kier alpha value is -7.11. The molecule has 33 heteroatoms. The third kappa shape index (κ3) is 24.1. The van der Waals surface area contributed by atoms with Crippen LogP contribution in [0.1, 0.15) is 290 Å². The number of aliphatic hydroxyl groups is 3. The van der Waals surface area contributed by atoms with Gasteiger partial charge < -0.3 is 69.4 Å². The van der Waals surface area contributed by atoms with Crippen LogP contribution in [0.25, 0.3) is 11.3 Å². The van der Waals surface area contributed by atoms with Gasteiger partial charge >= 0.3 is 0 Å². The molecule has 9 heterocycles. The SMILES string of the molecule is C.C.C.C.CCC1(N)COc2c1cc(C(C)(O)CCC(=O)c1ccc(OC3CC3)c(OC)c1)nc2-c1ccc(F)cc1.CCC1(NS(=O)C(C)(C)C)COc2c1cc(C(C)(O)CCC(=O)c1ccc(OC3CC3)c(OC)c1)nc2Cl.CCC1(NS(=O)C(C)(C)C)COc2c1cc(C(C)(O)CN)nc2Cl.CCC1(NS(=O)C(C)(C)C)COc2c1cc(C1(C)CO1)nc2Cl. The lowest BCUT2D eigenvalue weighted by atomic mass is 9.86. The first-order valence-corrected chi connectivity index (χ1v) is 46.2. The lowest BCUT2D eigenvalue weighted by Gasteiger charge is -2.32. The van der Waals surface area contributed by atoms with Gasteiger partial charge in [0.1, 0.15) is 60.3 Å². The molecular weight excluding hydrogens is 1750 g/mol. The van der Waals surface area contributed by atoms with E-state index in [-0.39, 0.29) is 125 Å². The van der Waals surface area contributed by atoms with Crippen LogP contribution in [-0.4, -0.2) is 140 Å². The Kier molecular flexibility index (Phi) is 34.8. The van der Waals surface area contributed by atoms with Gasteiger partial charge in [0.25, 0.3) is 0 Å². The van der Waals surface area contributed by atoms with Crippen LogP contribution in [0.3, 0.4) is 0 Å². The Bertz CT molecular complexity index is 5160. The standard InChI is InChI=1S/C30H33FN2O5.C28H37ClN2O6S.C16H26ClN3O3S.C16H23ClN2O3S.4CH4/c1-4-30(32)17-37-28-22(30)16-26(33-27(28)18-5-8-20(31)9-6-18)29(2,35)14-13-23(34)19-7-12-24(25(15-19)36-3)38-21-10-11-21;1-7-28(31-38(34)26(2,3)4)16-36-24-19(28)15-23(30-25(24)29)27(5,33)13-12-20(32)17-8-11-21(22(14-17)35-6)37-18-9-10-18;1-6-16(20-24(22)14(2,3)4)9-23-12-10(16)7-11(19-13(12)17)15(5,21)8-18;1-6-16(19-23(20)14(2,3)4)9-21-12-10(16)7-11(18-13(12)17)15(5)8-22-15;;;;/h5-9,12,15-16,21,35H,4,10-11,13-14,17,32H2,1-3H3;8,11,14-15,18,31,33H,7,9-10,12-13,16H2,1-6H3;7,20-21H,6,8-9,18H2,1-5H3;7,19H,6,8-9H2,1-5H3;4*1H4. The van der Waals surface area contributed by atoms with Crippen LogP contribution in [0.5, 0.6) is 46.0 Å². The first kappa shape index (κ1) is 107. The fraction of sp³-hybridized carbons (Fsp3) is 0.574. The topological polar surface area (TPSA) is 372 Å². The van der Waals surface area contributed by atoms with Crippen molar-refractivity contribution < 1.29 is 84.6 Å². The average molecular weight is 1880 g/mol. The minimum atomic E-state index is -1.45. The Morgan fingerprint density at radius 1 is 0.496 bits per heavy atom. The normalized spacial score (nSPS) is 22.4. The number of halogens is 4. The zero-order valence-electron chi connectivity index (χ0n) is 73.7. The van der Waals surface area contributed by atoms with Crippen LogP contribution < -0.4 is 63.5 Å². The zero-order valence-corrected chi connectivity index (χ0v) is 78.4. The van der Waals surface area contributed by atoms with Crippen molar-refractivity contribution in [2.24, 2.45) is 11.5 Å². The number of fused-ring (bicyclic) bond motifs is 4. The number of epoxide rings is 1. The number of nitrogens with zero attached hydrogens (tertiary/aromatic N) is 4. The molecule has 14 rings (SSSR count). The van der Waals surface area contributed by atoms with E-state index in [1.165, 1.54) is 12.1 Å². The summed E-state index contributed by atoms with van der Waals surface area (Å²) in [6.07, 6.45) is 7.53. The molecule has 11 unspecified atom stereocenters. The molecule has 0 spiro atoms. The summed E-state index contributed by atoms with van der Waals surface area (Å²) in [6.45, 7) is 33.9. The van der Waals surface area contributed by atoms with Crippen molar-refractivity contribution in [3.63, 3.8) is 0 Å². The van der Waals surface area contributed by atoms with Gasteiger partial charge in [-0.1, -0.05) is 92.2 Å². The van der Waals surface area contributed by atoms with Gasteiger partial charge in [-0.15, -0.1) is 0 Å². The van der Waals surface area contributed by atoms with Gasteiger partial charge in [-0.3, -0.25) is 9.59 Å². The Morgan fingerprint density at radius 3 is 1.20 bits per heavy atom. The summed E-state index contributed by atoms with van der Waals surface area (Å²) in [4.78, 5) is 43.9. The van der Waals surface area contributed by atoms with Crippen LogP contribution in [0.15, 0.2) is 84.9 Å². The van der Waals surface area contributed by atoms with Crippen LogP contribution in [0, 0.1) is 5.82 Å². The number of carbonyl (C=O) groups is 2. The van der Waals surface area contributed by atoms with Crippen molar-refractivity contribution in [2.45, 2.75) is 295 Å². The smallest absolute Gasteiger partial charge is 0.171 e. The Morgan fingerprint density at radius 2 is 0.850 bits per heavy atom. The number of benzene rings is 3. The third-order valence-electron chi connectivity index (χ3n) is 23.3. The molecule has 3 fully saturated rings. The molecule has 10 N–H and O–H groups in total. The molecule has 26 nitrogen and oxygen atoms in total. The van der Waals surface area contributed by atoms with Gasteiger partial charge in [0.15, 0.2) is 73.0 Å². The van der Waals surface area contributed by atoms with Crippen LogP contribution in [-0.2, 0) is 82.3 Å². The molecule has 2 saturated carbocycles. The van der Waals surface area contributed by atoms with Crippen LogP contribution in [0.4, 0.5) is 4.39 Å². The molecule has 11 atom stereocenters. The molecule has 4 aromatic heterocycles. The number of rotatable bonds is 30. The minimum Gasteiger partial charge on any atom is -0.493 e. The minimum absolute atomic E-state index is 0. The van der Waals surface area contributed by atoms with Crippen molar-refractivity contribution in [3.05, 3.63) is 162 Å². The number of carbonyl (C=O) groups excluding carboxylic acids is 2. The lowest BCUT2D eigenvalue weighted by Crippen LogP contribution is -2.49. The van der Waals surface area contributed by atoms with Crippen molar-refractivity contribution in [2.75, 3.05) is 53.8 Å². The summed E-state index contributed by atoms with van der Waals surface area (Å²) in [6, 6.07) is 23.5. The van der Waals surface area contributed by atoms with Gasteiger partial charge in [0, 0.05) is 58.3 Å². The summed E-state index contributed by atoms with van der Waals surface area (Å²) in [5.74, 6) is 3.65. The van der Waals surface area contributed by atoms with E-state index >= 15 is 0 Å². The van der Waals surface area contributed by atoms with E-state index in [9.17, 15) is 41.9 Å². The van der Waals surface area contributed by atoms with Gasteiger partial charge in [-0.2, -0.15) is 0 Å². The number of methoxy groups -OCH3 is 2. The molecule has 5 aliphatic heterocycles. The second-order valence-corrected chi connectivity index (χ2v) is 43.4. The van der Waals surface area contributed by atoms with E-state index in [1.54, 1.807) is 102 Å². The number of nitrogens with two attached hydrogens (primary N) is 2. The van der Waals surface area contributed by atoms with Gasteiger partial charge in [0.05, 0.1) is 125 Å². The average Bonchev–Trinajstić information content (AvgIpc) is 1.61. The highest BCUT2D eigenvalue weighted by Crippen LogP contribution is 2.52. The molecule has 704 valence electrons. The first-order chi connectivity index (χ1) is 57.5. The molecular formula is C94H135Cl3FN9O17S3. The highest BCUT2D eigenvalue weighted by atomic mass is 35.5. The molecule has 0 radical (unpaired) electrons. The summed E-state index contributed by atoms with van der Waals surface area (Å²) in [5.41, 5.74) is 12.2. The van der Waals surface area contributed by atoms with E-state index in [0.29, 0.717) is 135 Å². The molecule has 7 aliphatic rings. The van der Waals surface area contributed by atoms with Gasteiger partial charge in [0.2, 0.25) is 0 Å². The first-order valence-electron chi connectivity index (χ1n) is 41.6. The number of nitrogens with one attached hydrogen (secondary N) is 3. The van der Waals surface area contributed by atoms with E-state index in [4.69, 9.17) is 93.9 Å². The van der Waals surface area contributed by atoms with Crippen molar-refractivity contribution in [1.82, 2.24) is 34.1 Å². The second kappa shape index (κ2) is 41.4. The van der Waals surface area contributed by atoms with E-state index in [1.807, 2.05) is 96.1 Å². The lowest BCUT2D eigenvalue weighted by molar-refractivity contribution is 0.0395. The van der Waals surface area contributed by atoms with Crippen molar-refractivity contribution in [1.29, 1.82) is 0 Å². The highest BCUT2D eigenvalue weighted by Gasteiger charge is 2.51. The molecule has 0 bridgehead atoms. The molecule has 127 heavy (non-hydrogen) atoms. The quantitative estimate of drug-likeness (QED) is 0.0118. The maximum absolute atomic E-state index is 13.6. The van der Waals surface area contributed by atoms with Crippen LogP contribution in [0.2, 0.25) is 15.5 Å². The van der Waals surface area contributed by atoms with Gasteiger partial charge in [-0.25, -0.2) is 51.1 Å². The Balaban J connectivity index is 0.000000235. The molecule has 1 saturated heterocycles. The predicted octanol–water partition coefficient (Wildman–Crippen LogP) is 18.0. The summed E-state index contributed by atoms with van der Waals surface area (Å²) in [5, 5.41) is 34.0. The molecule has 3 aromatic carbocycles. The monoisotopic (exact) mass is 1880 g/mol. The molecule has 2 aliphatic carbocycles. The number of hydrogen-bond acceptors (Lipinski definition) is 23. The Labute approximate surface area is 773 Å². The molecule has 7 aromatic rings. The predicted molar refractivity (Wildman–Crippen MR) is 503 cm³/mol. The summed E-state index contributed by atoms with van der Waals surface area (Å²) >= 11 is 19.1. The number of ketones is 2. The fourth-order valence-corrected chi connectivity index (χ4v) is 17.6. The van der Waals surface area contributed by atoms with Crippen LogP contribution >= 0.6 is 34.8 Å². The fourth-order valence-electron chi connectivity index (χ4n) is 13.9. The summed E-state index contributed by atoms with van der Waals surface area (Å²) < 4.78 is 112. The number of ether oxygens (including phenoxy) is 9. The number of pyridine rings is 4. The summed E-state index contributed by atoms with van der Waals surface area (Å²) in [7, 11) is -0.781.